The molecule has 0 aliphatic rings. The quantitative estimate of drug-likeness (QED) is 0.317. The van der Waals surface area contributed by atoms with Crippen LogP contribution in [0.25, 0.3) is 0 Å². The summed E-state index contributed by atoms with van der Waals surface area (Å²) in [6.07, 6.45) is 3.93. The lowest BCUT2D eigenvalue weighted by Crippen LogP contribution is -2.25. The van der Waals surface area contributed by atoms with Gasteiger partial charge in [-0.3, -0.25) is 0 Å². The highest BCUT2D eigenvalue weighted by molar-refractivity contribution is 6.75. The van der Waals surface area contributed by atoms with E-state index in [2.05, 4.69) is 18.6 Å². The van der Waals surface area contributed by atoms with E-state index < -0.39 is 8.72 Å². The largest absolute Gasteiger partial charge is 0.620 e. The molecule has 0 saturated heterocycles. The first-order valence-corrected chi connectivity index (χ1v) is 4.39. The third-order valence-electron chi connectivity index (χ3n) is 0.783. The fourth-order valence-electron chi connectivity index (χ4n) is 0.395. The molecule has 0 N–H and O–H groups in total. The molecule has 8 nitrogen and oxygen atoms in total. The molecular formula is C4N4O4Si. The average molecular weight is 196 g/mol. The van der Waals surface area contributed by atoms with Crippen LogP contribution in [0, 0.1) is 0 Å². The van der Waals surface area contributed by atoms with Gasteiger partial charge >= 0.3 is 8.72 Å². The van der Waals surface area contributed by atoms with Crippen molar-refractivity contribution < 1.29 is 19.2 Å². The summed E-state index contributed by atoms with van der Waals surface area (Å²) in [7, 11) is -3.99. The van der Waals surface area contributed by atoms with Crippen molar-refractivity contribution in [2.75, 3.05) is 0 Å². The van der Waals surface area contributed by atoms with E-state index in [1.807, 2.05) is 0 Å². The van der Waals surface area contributed by atoms with Crippen molar-refractivity contribution >= 4 is 33.0 Å². The summed E-state index contributed by atoms with van der Waals surface area (Å²) in [5.41, 5.74) is 0. The predicted molar refractivity (Wildman–Crippen MR) is 38.2 cm³/mol. The molecule has 0 fully saturated rings. The second-order valence-corrected chi connectivity index (χ2v) is 3.51. The number of hydrogen-bond acceptors (Lipinski definition) is 8. The fraction of sp³-hybridized carbons (Fsp3) is 0. The van der Waals surface area contributed by atoms with Crippen molar-refractivity contribution in [3.8, 4) is 0 Å². The highest BCUT2D eigenvalue weighted by atomic mass is 28.4. The van der Waals surface area contributed by atoms with Crippen LogP contribution in [0.4, 0.5) is 0 Å². The van der Waals surface area contributed by atoms with Gasteiger partial charge in [0.2, 0.25) is 24.3 Å². The monoisotopic (exact) mass is 196 g/mol. The molecule has 0 spiro atoms. The van der Waals surface area contributed by atoms with Crippen LogP contribution >= 0.6 is 0 Å². The smallest absolute Gasteiger partial charge is 0.212 e. The minimum absolute atomic E-state index is 0.982. The Hall–Kier alpha value is -2.26. The molecule has 0 radical (unpaired) electrons. The highest BCUT2D eigenvalue weighted by Crippen LogP contribution is 2.06. The maximum Gasteiger partial charge on any atom is 0.620 e. The lowest BCUT2D eigenvalue weighted by Gasteiger charge is -1.97. The summed E-state index contributed by atoms with van der Waals surface area (Å²) in [4.78, 5) is 39.3. The van der Waals surface area contributed by atoms with Crippen LogP contribution in [-0.2, 0) is 19.2 Å². The molecule has 9 heteroatoms. The molecule has 0 bridgehead atoms. The van der Waals surface area contributed by atoms with E-state index in [4.69, 9.17) is 0 Å². The fourth-order valence-corrected chi connectivity index (χ4v) is 1.18. The Bertz CT molecular complexity index is 303. The van der Waals surface area contributed by atoms with Crippen molar-refractivity contribution in [1.82, 2.24) is 0 Å². The molecule has 0 saturated carbocycles. The summed E-state index contributed by atoms with van der Waals surface area (Å²) >= 11 is 0. The van der Waals surface area contributed by atoms with Crippen molar-refractivity contribution in [1.29, 1.82) is 0 Å². The molecule has 0 aliphatic carbocycles. The first kappa shape index (κ1) is 10.7. The number of isocyanates is 4. The second-order valence-electron chi connectivity index (χ2n) is 1.41. The van der Waals surface area contributed by atoms with Crippen LogP contribution in [0.3, 0.4) is 0 Å². The first-order valence-electron chi connectivity index (χ1n) is 2.61. The van der Waals surface area contributed by atoms with Crippen molar-refractivity contribution in [2.45, 2.75) is 0 Å². The summed E-state index contributed by atoms with van der Waals surface area (Å²) in [5, 5.41) is 0. The van der Waals surface area contributed by atoms with Gasteiger partial charge in [0.25, 0.3) is 0 Å². The zero-order valence-electron chi connectivity index (χ0n) is 5.92. The van der Waals surface area contributed by atoms with Gasteiger partial charge in [-0.25, -0.2) is 19.2 Å². The predicted octanol–water partition coefficient (Wildman–Crippen LogP) is -1.23. The third-order valence-corrected chi connectivity index (χ3v) is 2.35. The summed E-state index contributed by atoms with van der Waals surface area (Å²) in [5.74, 6) is 0. The normalized spacial score (nSPS) is 11.7. The molecule has 0 heterocycles. The van der Waals surface area contributed by atoms with Gasteiger partial charge in [0.05, 0.1) is 0 Å². The Morgan fingerprint density at radius 2 is 0.846 bits per heavy atom. The van der Waals surface area contributed by atoms with Crippen LogP contribution < -0.4 is 0 Å². The molecule has 0 atom stereocenters. The standard InChI is InChI=1S/C4N4O4Si/c9-1-5-13(6-2-10,7-3-11)8-4-12. The Kier molecular flexibility index (Phi) is 4.46. The van der Waals surface area contributed by atoms with Crippen LogP contribution in [0.2, 0.25) is 0 Å². The lowest BCUT2D eigenvalue weighted by atomic mass is 11.7. The van der Waals surface area contributed by atoms with Crippen LogP contribution in [0.1, 0.15) is 0 Å². The van der Waals surface area contributed by atoms with Gasteiger partial charge in [0, 0.05) is 0 Å². The third kappa shape index (κ3) is 3.09. The summed E-state index contributed by atoms with van der Waals surface area (Å²) in [6, 6.07) is 0. The van der Waals surface area contributed by atoms with E-state index in [0.717, 1.165) is 24.3 Å². The topological polar surface area (TPSA) is 118 Å². The van der Waals surface area contributed by atoms with E-state index in [1.165, 1.54) is 0 Å². The highest BCUT2D eigenvalue weighted by Gasteiger charge is 2.37. The van der Waals surface area contributed by atoms with Gasteiger partial charge in [-0.05, 0) is 0 Å². The Morgan fingerprint density at radius 1 is 0.615 bits per heavy atom. The zero-order chi connectivity index (χ0) is 10.2. The number of rotatable bonds is 4. The van der Waals surface area contributed by atoms with Crippen molar-refractivity contribution in [3.63, 3.8) is 0 Å². The zero-order valence-corrected chi connectivity index (χ0v) is 6.92. The average Bonchev–Trinajstić information content (AvgIpc) is 2.06. The van der Waals surface area contributed by atoms with Gasteiger partial charge in [-0.1, -0.05) is 0 Å². The van der Waals surface area contributed by atoms with E-state index in [9.17, 15) is 19.2 Å². The minimum Gasteiger partial charge on any atom is -0.212 e. The van der Waals surface area contributed by atoms with Gasteiger partial charge in [0.1, 0.15) is 0 Å². The van der Waals surface area contributed by atoms with Crippen LogP contribution in [-0.4, -0.2) is 33.0 Å². The van der Waals surface area contributed by atoms with Gasteiger partial charge in [-0.15, -0.1) is 0 Å². The maximum atomic E-state index is 9.82. The summed E-state index contributed by atoms with van der Waals surface area (Å²) in [6.45, 7) is 0. The molecule has 13 heavy (non-hydrogen) atoms. The first-order chi connectivity index (χ1) is 6.24. The lowest BCUT2D eigenvalue weighted by molar-refractivity contribution is 0.564. The molecule has 0 aromatic rings. The van der Waals surface area contributed by atoms with Crippen LogP contribution in [0.5, 0.6) is 0 Å². The van der Waals surface area contributed by atoms with Gasteiger partial charge < -0.3 is 0 Å². The van der Waals surface area contributed by atoms with E-state index >= 15 is 0 Å². The molecule has 0 unspecified atom stereocenters. The number of hydrogen-bond donors (Lipinski definition) is 0. The van der Waals surface area contributed by atoms with E-state index in [-0.39, 0.29) is 0 Å². The SMILES string of the molecule is O=C=N[Si](N=C=O)(N=C=O)N=C=O. The number of carbonyl (C=O) groups excluding carboxylic acids is 4. The molecule has 0 rings (SSSR count). The molecule has 0 aromatic heterocycles. The van der Waals surface area contributed by atoms with Gasteiger partial charge in [0.15, 0.2) is 0 Å². The second kappa shape index (κ2) is 5.40. The van der Waals surface area contributed by atoms with Gasteiger partial charge in [-0.2, -0.15) is 18.6 Å². The molecular weight excluding hydrogens is 196 g/mol. The molecule has 0 aliphatic heterocycles. The van der Waals surface area contributed by atoms with Crippen molar-refractivity contribution in [2.24, 2.45) is 18.6 Å². The number of nitrogens with zero attached hydrogens (tertiary/aromatic N) is 4. The Balaban J connectivity index is 5.52. The van der Waals surface area contributed by atoms with E-state index in [0.29, 0.717) is 0 Å². The molecule has 64 valence electrons. The minimum atomic E-state index is -3.99. The van der Waals surface area contributed by atoms with E-state index in [1.54, 1.807) is 0 Å². The maximum absolute atomic E-state index is 9.82. The summed E-state index contributed by atoms with van der Waals surface area (Å²) < 4.78 is 11.5. The molecule has 0 aromatic carbocycles. The van der Waals surface area contributed by atoms with Crippen molar-refractivity contribution in [3.05, 3.63) is 0 Å². The molecule has 0 amide bonds. The Morgan fingerprint density at radius 3 is 1.00 bits per heavy atom. The van der Waals surface area contributed by atoms with Crippen LogP contribution in [0.15, 0.2) is 18.6 Å². The Labute approximate surface area is 71.8 Å².